The van der Waals surface area contributed by atoms with Crippen LogP contribution in [-0.2, 0) is 24.1 Å². The predicted octanol–water partition coefficient (Wildman–Crippen LogP) is 5.05. The largest absolute Gasteiger partial charge is 0.497 e. The molecule has 0 saturated carbocycles. The van der Waals surface area contributed by atoms with Gasteiger partial charge in [-0.25, -0.2) is 4.98 Å². The van der Waals surface area contributed by atoms with Crippen LogP contribution in [0.4, 0.5) is 0 Å². The van der Waals surface area contributed by atoms with Gasteiger partial charge in [-0.2, -0.15) is 0 Å². The van der Waals surface area contributed by atoms with Crippen LogP contribution in [-0.4, -0.2) is 67.2 Å². The highest BCUT2D eigenvalue weighted by molar-refractivity contribution is 6.23. The van der Waals surface area contributed by atoms with E-state index in [1.54, 1.807) is 7.11 Å². The number of aromatic nitrogens is 2. The van der Waals surface area contributed by atoms with E-state index < -0.39 is 0 Å². The fourth-order valence-electron chi connectivity index (χ4n) is 4.86. The number of benzene rings is 2. The van der Waals surface area contributed by atoms with Crippen LogP contribution in [0.3, 0.4) is 0 Å². The van der Waals surface area contributed by atoms with Gasteiger partial charge in [0.05, 0.1) is 31.4 Å². The number of rotatable bonds is 9. The molecule has 0 bridgehead atoms. The number of morpholine rings is 1. The molecule has 1 fully saturated rings. The Bertz CT molecular complexity index is 1200. The fourth-order valence-corrected chi connectivity index (χ4v) is 4.86. The molecule has 4 rings (SSSR count). The summed E-state index contributed by atoms with van der Waals surface area (Å²) in [6, 6.07) is 15.0. The minimum Gasteiger partial charge on any atom is -0.497 e. The van der Waals surface area contributed by atoms with E-state index in [4.69, 9.17) is 14.5 Å². The molecule has 2 heterocycles. The Morgan fingerprint density at radius 1 is 1.00 bits per heavy atom. The van der Waals surface area contributed by atoms with Crippen molar-refractivity contribution in [3.8, 4) is 5.75 Å². The Hall–Kier alpha value is -2.96. The molecule has 0 spiro atoms. The highest BCUT2D eigenvalue weighted by Gasteiger charge is 2.16. The third-order valence-electron chi connectivity index (χ3n) is 6.85. The number of imidazole rings is 1. The lowest BCUT2D eigenvalue weighted by atomic mass is 9.97. The second-order valence-electron chi connectivity index (χ2n) is 9.37. The molecule has 6 heteroatoms. The summed E-state index contributed by atoms with van der Waals surface area (Å²) in [5, 5.41) is 0. The summed E-state index contributed by atoms with van der Waals surface area (Å²) >= 11 is 0. The molecule has 1 aliphatic rings. The monoisotopic (exact) mass is 474 g/mol. The maximum atomic E-state index is 5.53. The number of methoxy groups -OCH3 is 1. The number of allylic oxidation sites excluding steroid dienone is 2. The summed E-state index contributed by atoms with van der Waals surface area (Å²) in [5.41, 5.74) is 8.25. The average molecular weight is 475 g/mol. The number of aliphatic imine (C=N–C) groups is 1. The third kappa shape index (κ3) is 6.00. The second-order valence-corrected chi connectivity index (χ2v) is 9.37. The van der Waals surface area contributed by atoms with Crippen LogP contribution in [0.25, 0.3) is 16.6 Å². The standard InChI is InChI=1S/C29H38N4O2/c1-21(2)29(22(3)30-4)24-9-12-27-26(20-24)31-28(13-8-23-6-10-25(34-5)11-7-23)33(27)15-14-32-16-18-35-19-17-32/h6-7,9-12,20H,8,13-19H2,1-5H3. The minimum atomic E-state index is 0.822. The highest BCUT2D eigenvalue weighted by Crippen LogP contribution is 2.26. The van der Waals surface area contributed by atoms with Crippen molar-refractivity contribution < 1.29 is 9.47 Å². The lowest BCUT2D eigenvalue weighted by Gasteiger charge is -2.27. The fraction of sp³-hybridized carbons (Fsp3) is 0.448. The molecule has 0 aliphatic carbocycles. The van der Waals surface area contributed by atoms with E-state index in [1.165, 1.54) is 27.8 Å². The number of ether oxygens (including phenoxy) is 2. The number of fused-ring (bicyclic) bond motifs is 1. The molecular weight excluding hydrogens is 436 g/mol. The van der Waals surface area contributed by atoms with Gasteiger partial charge < -0.3 is 14.0 Å². The smallest absolute Gasteiger partial charge is 0.118 e. The van der Waals surface area contributed by atoms with Crippen LogP contribution in [0.2, 0.25) is 0 Å². The van der Waals surface area contributed by atoms with Gasteiger partial charge in [-0.05, 0) is 62.6 Å². The van der Waals surface area contributed by atoms with E-state index in [0.29, 0.717) is 0 Å². The molecule has 2 aromatic carbocycles. The van der Waals surface area contributed by atoms with Crippen LogP contribution in [0.1, 0.15) is 37.7 Å². The lowest BCUT2D eigenvalue weighted by Crippen LogP contribution is -2.38. The van der Waals surface area contributed by atoms with Crippen LogP contribution in [0.5, 0.6) is 5.75 Å². The molecule has 35 heavy (non-hydrogen) atoms. The minimum absolute atomic E-state index is 0.822. The molecule has 1 aliphatic heterocycles. The molecule has 6 nitrogen and oxygen atoms in total. The van der Waals surface area contributed by atoms with Crippen molar-refractivity contribution >= 4 is 22.3 Å². The Morgan fingerprint density at radius 2 is 1.74 bits per heavy atom. The first kappa shape index (κ1) is 25.1. The van der Waals surface area contributed by atoms with Gasteiger partial charge in [0.25, 0.3) is 0 Å². The van der Waals surface area contributed by atoms with Crippen molar-refractivity contribution in [3.05, 3.63) is 65.0 Å². The molecule has 0 N–H and O–H groups in total. The molecule has 0 radical (unpaired) electrons. The molecule has 1 aromatic heterocycles. The molecule has 0 atom stereocenters. The van der Waals surface area contributed by atoms with Crippen LogP contribution >= 0.6 is 0 Å². The number of aryl methyl sites for hydroxylation is 2. The summed E-state index contributed by atoms with van der Waals surface area (Å²) in [4.78, 5) is 12.1. The SMILES string of the molecule is CN=C(C)C(=C(C)C)c1ccc2c(c1)nc(CCc1ccc(OC)cc1)n2CCN1CCOCC1. The summed E-state index contributed by atoms with van der Waals surface area (Å²) in [7, 11) is 3.56. The van der Waals surface area contributed by atoms with Crippen molar-refractivity contribution in [2.24, 2.45) is 4.99 Å². The van der Waals surface area contributed by atoms with Gasteiger partial charge in [-0.3, -0.25) is 9.89 Å². The Morgan fingerprint density at radius 3 is 2.40 bits per heavy atom. The maximum absolute atomic E-state index is 5.53. The zero-order valence-electron chi connectivity index (χ0n) is 21.8. The summed E-state index contributed by atoms with van der Waals surface area (Å²) < 4.78 is 13.3. The second kappa shape index (κ2) is 11.6. The van der Waals surface area contributed by atoms with Gasteiger partial charge in [0.2, 0.25) is 0 Å². The molecule has 0 amide bonds. The zero-order valence-corrected chi connectivity index (χ0v) is 21.8. The average Bonchev–Trinajstić information content (AvgIpc) is 3.23. The Kier molecular flexibility index (Phi) is 8.37. The number of hydrogen-bond donors (Lipinski definition) is 0. The third-order valence-corrected chi connectivity index (χ3v) is 6.85. The first-order valence-corrected chi connectivity index (χ1v) is 12.5. The van der Waals surface area contributed by atoms with Crippen LogP contribution in [0.15, 0.2) is 53.0 Å². The van der Waals surface area contributed by atoms with Gasteiger partial charge in [0, 0.05) is 50.9 Å². The van der Waals surface area contributed by atoms with Crippen molar-refractivity contribution in [1.29, 1.82) is 0 Å². The van der Waals surface area contributed by atoms with Gasteiger partial charge in [0.1, 0.15) is 11.6 Å². The quantitative estimate of drug-likeness (QED) is 0.408. The summed E-state index contributed by atoms with van der Waals surface area (Å²) in [5.74, 6) is 2.03. The van der Waals surface area contributed by atoms with E-state index in [2.05, 4.69) is 65.6 Å². The molecule has 186 valence electrons. The van der Waals surface area contributed by atoms with E-state index in [0.717, 1.165) is 75.0 Å². The first-order chi connectivity index (χ1) is 17.0. The van der Waals surface area contributed by atoms with Gasteiger partial charge in [0.15, 0.2) is 0 Å². The lowest BCUT2D eigenvalue weighted by molar-refractivity contribution is 0.0364. The molecule has 3 aromatic rings. The van der Waals surface area contributed by atoms with E-state index in [1.807, 2.05) is 19.2 Å². The van der Waals surface area contributed by atoms with Crippen molar-refractivity contribution in [2.45, 2.75) is 40.2 Å². The van der Waals surface area contributed by atoms with Crippen molar-refractivity contribution in [2.75, 3.05) is 47.0 Å². The summed E-state index contributed by atoms with van der Waals surface area (Å²) in [6.45, 7) is 11.9. The van der Waals surface area contributed by atoms with E-state index >= 15 is 0 Å². The van der Waals surface area contributed by atoms with Gasteiger partial charge >= 0.3 is 0 Å². The van der Waals surface area contributed by atoms with E-state index in [9.17, 15) is 0 Å². The topological polar surface area (TPSA) is 51.9 Å². The Balaban J connectivity index is 1.65. The van der Waals surface area contributed by atoms with Gasteiger partial charge in [-0.1, -0.05) is 23.8 Å². The molecule has 1 saturated heterocycles. The van der Waals surface area contributed by atoms with Crippen molar-refractivity contribution in [1.82, 2.24) is 14.5 Å². The number of hydrogen-bond acceptors (Lipinski definition) is 5. The highest BCUT2D eigenvalue weighted by atomic mass is 16.5. The van der Waals surface area contributed by atoms with Crippen LogP contribution in [0, 0.1) is 0 Å². The summed E-state index contributed by atoms with van der Waals surface area (Å²) in [6.07, 6.45) is 1.84. The number of nitrogens with zero attached hydrogens (tertiary/aromatic N) is 4. The van der Waals surface area contributed by atoms with Gasteiger partial charge in [-0.15, -0.1) is 0 Å². The zero-order chi connectivity index (χ0) is 24.8. The van der Waals surface area contributed by atoms with E-state index in [-0.39, 0.29) is 0 Å². The molecule has 0 unspecified atom stereocenters. The normalized spacial score (nSPS) is 14.9. The van der Waals surface area contributed by atoms with Crippen molar-refractivity contribution in [3.63, 3.8) is 0 Å². The Labute approximate surface area is 209 Å². The molecular formula is C29H38N4O2. The first-order valence-electron chi connectivity index (χ1n) is 12.5. The predicted molar refractivity (Wildman–Crippen MR) is 145 cm³/mol. The maximum Gasteiger partial charge on any atom is 0.118 e. The van der Waals surface area contributed by atoms with Crippen LogP contribution < -0.4 is 4.74 Å².